The third-order valence-corrected chi connectivity index (χ3v) is 1.92. The van der Waals surface area contributed by atoms with Gasteiger partial charge in [0, 0.05) is 13.7 Å². The highest BCUT2D eigenvalue weighted by Gasteiger charge is 2.42. The first-order chi connectivity index (χ1) is 5.22. The molecule has 1 aliphatic rings. The quantitative estimate of drug-likeness (QED) is 0.565. The molecular weight excluding hydrogens is 144 g/mol. The summed E-state index contributed by atoms with van der Waals surface area (Å²) in [7, 11) is 1.50. The predicted octanol–water partition coefficient (Wildman–Crippen LogP) is -0.760. The van der Waals surface area contributed by atoms with E-state index in [4.69, 9.17) is 5.73 Å². The Labute approximate surface area is 66.1 Å². The molecule has 64 valence electrons. The molecule has 0 radical (unpaired) electrons. The Hall–Kier alpha value is -0.610. The van der Waals surface area contributed by atoms with Gasteiger partial charge in [0.15, 0.2) is 0 Å². The first-order valence-corrected chi connectivity index (χ1v) is 3.72. The zero-order chi connectivity index (χ0) is 8.32. The van der Waals surface area contributed by atoms with Crippen LogP contribution in [0.4, 0.5) is 0 Å². The monoisotopic (exact) mass is 158 g/mol. The van der Waals surface area contributed by atoms with Crippen LogP contribution in [0.5, 0.6) is 0 Å². The Kier molecular flexibility index (Phi) is 2.46. The molecule has 0 aromatic heterocycles. The molecule has 4 heteroatoms. The van der Waals surface area contributed by atoms with E-state index in [2.05, 4.69) is 10.1 Å². The van der Waals surface area contributed by atoms with Crippen molar-refractivity contribution in [3.05, 3.63) is 0 Å². The highest BCUT2D eigenvalue weighted by Crippen LogP contribution is 2.33. The molecule has 3 N–H and O–H groups in total. The summed E-state index contributed by atoms with van der Waals surface area (Å²) < 4.78 is 4.67. The Bertz CT molecular complexity index is 155. The van der Waals surface area contributed by atoms with E-state index in [0.29, 0.717) is 6.54 Å². The smallest absolute Gasteiger partial charge is 0.246 e. The van der Waals surface area contributed by atoms with Crippen LogP contribution in [0.2, 0.25) is 0 Å². The van der Waals surface area contributed by atoms with Crippen LogP contribution in [0.3, 0.4) is 0 Å². The molecule has 0 aromatic carbocycles. The van der Waals surface area contributed by atoms with Gasteiger partial charge in [-0.2, -0.15) is 0 Å². The fraction of sp³-hybridized carbons (Fsp3) is 0.857. The lowest BCUT2D eigenvalue weighted by atomic mass is 10.3. The van der Waals surface area contributed by atoms with Gasteiger partial charge in [0.25, 0.3) is 0 Å². The minimum absolute atomic E-state index is 0.0737. The number of methoxy groups -OCH3 is 1. The lowest BCUT2D eigenvalue weighted by Crippen LogP contribution is -2.43. The van der Waals surface area contributed by atoms with Crippen LogP contribution in [-0.2, 0) is 9.53 Å². The second-order valence-corrected chi connectivity index (χ2v) is 2.97. The summed E-state index contributed by atoms with van der Waals surface area (Å²) in [6.45, 7) is 0.657. The van der Waals surface area contributed by atoms with Crippen LogP contribution in [0, 0.1) is 0 Å². The van der Waals surface area contributed by atoms with Crippen LogP contribution < -0.4 is 11.1 Å². The first-order valence-electron chi connectivity index (χ1n) is 3.72. The molecule has 4 nitrogen and oxygen atoms in total. The predicted molar refractivity (Wildman–Crippen MR) is 41.0 cm³/mol. The van der Waals surface area contributed by atoms with E-state index in [-0.39, 0.29) is 18.1 Å². The minimum atomic E-state index is -0.0877. The Morgan fingerprint density at radius 3 is 2.73 bits per heavy atom. The summed E-state index contributed by atoms with van der Waals surface area (Å²) in [5.41, 5.74) is 5.37. The molecule has 1 saturated carbocycles. The van der Waals surface area contributed by atoms with Crippen molar-refractivity contribution in [2.75, 3.05) is 20.3 Å². The molecule has 0 heterocycles. The normalized spacial score (nSPS) is 19.5. The van der Waals surface area contributed by atoms with Crippen molar-refractivity contribution in [1.82, 2.24) is 5.32 Å². The first kappa shape index (κ1) is 8.49. The van der Waals surface area contributed by atoms with Gasteiger partial charge in [-0.25, -0.2) is 0 Å². The van der Waals surface area contributed by atoms with Crippen molar-refractivity contribution in [1.29, 1.82) is 0 Å². The number of nitrogens with two attached hydrogens (primary N) is 1. The second-order valence-electron chi connectivity index (χ2n) is 2.97. The zero-order valence-electron chi connectivity index (χ0n) is 6.72. The maximum absolute atomic E-state index is 11.0. The van der Waals surface area contributed by atoms with Gasteiger partial charge in [-0.05, 0) is 12.8 Å². The van der Waals surface area contributed by atoms with Crippen LogP contribution in [0.15, 0.2) is 0 Å². The number of ether oxygens (including phenoxy) is 1. The average Bonchev–Trinajstić information content (AvgIpc) is 2.70. The third-order valence-electron chi connectivity index (χ3n) is 1.92. The number of rotatable bonds is 4. The van der Waals surface area contributed by atoms with Gasteiger partial charge < -0.3 is 15.8 Å². The van der Waals surface area contributed by atoms with Gasteiger partial charge in [0.1, 0.15) is 6.61 Å². The molecule has 0 saturated heterocycles. The second kappa shape index (κ2) is 3.19. The van der Waals surface area contributed by atoms with E-state index in [1.165, 1.54) is 7.11 Å². The number of amides is 1. The van der Waals surface area contributed by atoms with Gasteiger partial charge in [0.2, 0.25) is 5.91 Å². The number of carbonyl (C=O) groups is 1. The van der Waals surface area contributed by atoms with Crippen molar-refractivity contribution in [3.8, 4) is 0 Å². The lowest BCUT2D eigenvalue weighted by Gasteiger charge is -2.13. The van der Waals surface area contributed by atoms with Crippen molar-refractivity contribution in [2.45, 2.75) is 18.4 Å². The Balaban J connectivity index is 2.24. The van der Waals surface area contributed by atoms with E-state index in [9.17, 15) is 4.79 Å². The molecule has 1 amide bonds. The van der Waals surface area contributed by atoms with E-state index >= 15 is 0 Å². The molecule has 1 rings (SSSR count). The third kappa shape index (κ3) is 2.17. The van der Waals surface area contributed by atoms with E-state index in [1.54, 1.807) is 0 Å². The molecule has 0 aliphatic heterocycles. The van der Waals surface area contributed by atoms with E-state index in [0.717, 1.165) is 12.8 Å². The molecule has 1 fully saturated rings. The van der Waals surface area contributed by atoms with Crippen molar-refractivity contribution in [3.63, 3.8) is 0 Å². The molecule has 11 heavy (non-hydrogen) atoms. The van der Waals surface area contributed by atoms with E-state index in [1.807, 2.05) is 0 Å². The van der Waals surface area contributed by atoms with Crippen LogP contribution in [-0.4, -0.2) is 31.7 Å². The molecule has 1 aliphatic carbocycles. The van der Waals surface area contributed by atoms with Crippen molar-refractivity contribution in [2.24, 2.45) is 5.73 Å². The highest BCUT2D eigenvalue weighted by atomic mass is 16.5. The molecular formula is C7H14N2O2. The van der Waals surface area contributed by atoms with E-state index < -0.39 is 0 Å². The summed E-state index contributed by atoms with van der Waals surface area (Å²) in [6.07, 6.45) is 2.00. The molecule has 0 unspecified atom stereocenters. The standard InChI is InChI=1S/C7H14N2O2/c1-11-4-6(10)9-7(5-8)2-3-7/h2-5,8H2,1H3,(H,9,10). The topological polar surface area (TPSA) is 64.3 Å². The summed E-state index contributed by atoms with van der Waals surface area (Å²) in [5.74, 6) is -0.0737. The minimum Gasteiger partial charge on any atom is -0.375 e. The number of carbonyl (C=O) groups excluding carboxylic acids is 1. The molecule has 0 atom stereocenters. The average molecular weight is 158 g/mol. The zero-order valence-corrected chi connectivity index (χ0v) is 6.72. The summed E-state index contributed by atoms with van der Waals surface area (Å²) in [4.78, 5) is 11.0. The molecule has 0 aromatic rings. The highest BCUT2D eigenvalue weighted by molar-refractivity contribution is 5.78. The van der Waals surface area contributed by atoms with Gasteiger partial charge >= 0.3 is 0 Å². The molecule has 0 spiro atoms. The van der Waals surface area contributed by atoms with Crippen LogP contribution in [0.1, 0.15) is 12.8 Å². The summed E-state index contributed by atoms with van der Waals surface area (Å²) in [5, 5.41) is 2.83. The number of hydrogen-bond acceptors (Lipinski definition) is 3. The fourth-order valence-corrected chi connectivity index (χ4v) is 0.994. The summed E-state index contributed by atoms with van der Waals surface area (Å²) >= 11 is 0. The fourth-order valence-electron chi connectivity index (χ4n) is 0.994. The number of hydrogen-bond donors (Lipinski definition) is 2. The largest absolute Gasteiger partial charge is 0.375 e. The van der Waals surface area contributed by atoms with Crippen LogP contribution in [0.25, 0.3) is 0 Å². The summed E-state index contributed by atoms with van der Waals surface area (Å²) in [6, 6.07) is 0. The van der Waals surface area contributed by atoms with Crippen molar-refractivity contribution < 1.29 is 9.53 Å². The number of nitrogens with one attached hydrogen (secondary N) is 1. The Morgan fingerprint density at radius 1 is 1.73 bits per heavy atom. The SMILES string of the molecule is COCC(=O)NC1(CN)CC1. The van der Waals surface area contributed by atoms with Gasteiger partial charge in [-0.3, -0.25) is 4.79 Å². The van der Waals surface area contributed by atoms with Crippen molar-refractivity contribution >= 4 is 5.91 Å². The van der Waals surface area contributed by atoms with Gasteiger partial charge in [-0.15, -0.1) is 0 Å². The maximum atomic E-state index is 11.0. The van der Waals surface area contributed by atoms with Gasteiger partial charge in [0.05, 0.1) is 5.54 Å². The Morgan fingerprint density at radius 2 is 2.36 bits per heavy atom. The maximum Gasteiger partial charge on any atom is 0.246 e. The lowest BCUT2D eigenvalue weighted by molar-refractivity contribution is -0.125. The molecule has 0 bridgehead atoms. The van der Waals surface area contributed by atoms with Gasteiger partial charge in [-0.1, -0.05) is 0 Å². The van der Waals surface area contributed by atoms with Crippen LogP contribution >= 0.6 is 0 Å².